The van der Waals surface area contributed by atoms with Crippen LogP contribution >= 0.6 is 0 Å². The summed E-state index contributed by atoms with van der Waals surface area (Å²) in [6.07, 6.45) is 0.966. The third-order valence-electron chi connectivity index (χ3n) is 13.1. The van der Waals surface area contributed by atoms with Gasteiger partial charge in [-0.3, -0.25) is 53.4 Å². The minimum Gasteiger partial charge on any atom is -0.460 e. The van der Waals surface area contributed by atoms with E-state index in [2.05, 4.69) is 33.2 Å². The van der Waals surface area contributed by atoms with Crippen molar-refractivity contribution in [2.24, 2.45) is 5.41 Å². The number of benzene rings is 1. The first-order chi connectivity index (χ1) is 35.2. The molecular formula is C56H89BN6O14. The SMILES string of the molecule is C=CCC(B1OC(C)(C)C(C)(C)O1)N1CCC[C@H]1C(=O)NC(=O)[C@@H](NC(=O)[C@H](Cc1ccccc1C)NC(=O)[C@H](CCC(=O)OC(C)(C)C)NC(=O)[C@H](CC(=O)OC(C)(C)C)NC(=O)CCC(=O)OC(C)(C)C)C(C)(C)C. The number of nitrogens with zero attached hydrogens (tertiary/aromatic N) is 1. The number of aryl methyl sites for hydroxylation is 1. The van der Waals surface area contributed by atoms with Crippen molar-refractivity contribution in [3.05, 3.63) is 48.0 Å². The highest BCUT2D eigenvalue weighted by atomic mass is 16.7. The number of hydrogen-bond donors (Lipinski definition) is 5. The van der Waals surface area contributed by atoms with Crippen LogP contribution in [0.25, 0.3) is 0 Å². The molecule has 0 saturated carbocycles. The van der Waals surface area contributed by atoms with Crippen molar-refractivity contribution in [1.29, 1.82) is 0 Å². The molecule has 20 nitrogen and oxygen atoms in total. The van der Waals surface area contributed by atoms with Gasteiger partial charge in [0.2, 0.25) is 35.4 Å². The monoisotopic (exact) mass is 1080 g/mol. The Bertz CT molecular complexity index is 2290. The van der Waals surface area contributed by atoms with E-state index in [9.17, 15) is 43.2 Å². The molecule has 1 aromatic rings. The van der Waals surface area contributed by atoms with Gasteiger partial charge in [-0.25, -0.2) is 0 Å². The zero-order valence-electron chi connectivity index (χ0n) is 48.9. The molecule has 0 bridgehead atoms. The number of carbonyl (C=O) groups is 9. The van der Waals surface area contributed by atoms with Crippen LogP contribution in [0.4, 0.5) is 0 Å². The van der Waals surface area contributed by atoms with Gasteiger partial charge in [-0.1, -0.05) is 51.1 Å². The summed E-state index contributed by atoms with van der Waals surface area (Å²) in [7, 11) is -0.684. The second kappa shape index (κ2) is 26.8. The van der Waals surface area contributed by atoms with Gasteiger partial charge in [0.25, 0.3) is 0 Å². The predicted octanol–water partition coefficient (Wildman–Crippen LogP) is 5.18. The molecule has 2 heterocycles. The molecule has 3 rings (SSSR count). The highest BCUT2D eigenvalue weighted by Crippen LogP contribution is 2.40. The normalized spacial score (nSPS) is 18.6. The number of imide groups is 1. The van der Waals surface area contributed by atoms with Gasteiger partial charge < -0.3 is 44.8 Å². The summed E-state index contributed by atoms with van der Waals surface area (Å²) < 4.78 is 29.1. The highest BCUT2D eigenvalue weighted by molar-refractivity contribution is 6.47. The quantitative estimate of drug-likeness (QED) is 0.0409. The number of esters is 3. The van der Waals surface area contributed by atoms with Gasteiger partial charge in [0.1, 0.15) is 41.0 Å². The first-order valence-electron chi connectivity index (χ1n) is 26.7. The number of rotatable bonds is 23. The molecule has 0 spiro atoms. The van der Waals surface area contributed by atoms with E-state index in [1.54, 1.807) is 107 Å². The summed E-state index contributed by atoms with van der Waals surface area (Å²) in [5.41, 5.74) is -3.55. The van der Waals surface area contributed by atoms with E-state index >= 15 is 0 Å². The average molecular weight is 1080 g/mol. The third kappa shape index (κ3) is 21.2. The number of likely N-dealkylation sites (tertiary alicyclic amines) is 1. The maximum atomic E-state index is 14.8. The summed E-state index contributed by atoms with van der Waals surface area (Å²) in [6, 6.07) is 0.423. The topological polar surface area (TPSA) is 263 Å². The van der Waals surface area contributed by atoms with Crippen molar-refractivity contribution >= 4 is 60.5 Å². The first kappa shape index (κ1) is 65.6. The van der Waals surface area contributed by atoms with Gasteiger partial charge in [-0.05, 0) is 146 Å². The molecule has 0 radical (unpaired) electrons. The maximum absolute atomic E-state index is 14.8. The summed E-state index contributed by atoms with van der Waals surface area (Å²) in [4.78, 5) is 126. The van der Waals surface area contributed by atoms with E-state index in [-0.39, 0.29) is 19.3 Å². The Kier molecular flexibility index (Phi) is 22.8. The zero-order valence-corrected chi connectivity index (χ0v) is 48.9. The van der Waals surface area contributed by atoms with Gasteiger partial charge in [-0.15, -0.1) is 6.58 Å². The van der Waals surface area contributed by atoms with Crippen LogP contribution in [-0.4, -0.2) is 136 Å². The molecule has 1 aromatic carbocycles. The highest BCUT2D eigenvalue weighted by Gasteiger charge is 2.56. The molecule has 2 saturated heterocycles. The summed E-state index contributed by atoms with van der Waals surface area (Å²) in [5.74, 6) is -7.56. The van der Waals surface area contributed by atoms with Gasteiger partial charge in [0.15, 0.2) is 0 Å². The summed E-state index contributed by atoms with van der Waals surface area (Å²) in [6.45, 7) is 34.0. The Morgan fingerprint density at radius 1 is 0.688 bits per heavy atom. The van der Waals surface area contributed by atoms with Gasteiger partial charge >= 0.3 is 25.0 Å². The molecule has 0 aromatic heterocycles. The molecule has 5 N–H and O–H groups in total. The van der Waals surface area contributed by atoms with E-state index in [4.69, 9.17) is 23.5 Å². The van der Waals surface area contributed by atoms with E-state index < -0.39 is 149 Å². The number of nitrogens with one attached hydrogen (secondary N) is 5. The standard InChI is InChI=1S/C56H89BN6O14/c1-19-23-40(57-76-55(15,16)56(17,18)77-57)63-31-22-26-39(63)49(71)62-50(72)45(51(3,4)5)61-48(70)37(32-35-25-21-20-24-34(35)2)60-46(68)36(27-29-42(65)73-52(6,7)8)59-47(69)38(33-44(67)75-54(12,13)14)58-41(64)28-30-43(66)74-53(9,10)11/h19-21,24-25,36-40,45H,1,22-23,26-33H2,2-18H3,(H,58,64)(H,59,69)(H,60,68)(H,61,70)(H,62,71,72)/t36-,37-,38-,39-,40?,45+/m0/s1. The lowest BCUT2D eigenvalue weighted by molar-refractivity contribution is -0.158. The van der Waals surface area contributed by atoms with E-state index in [1.165, 1.54) is 0 Å². The third-order valence-corrected chi connectivity index (χ3v) is 13.1. The Labute approximate surface area is 456 Å². The van der Waals surface area contributed by atoms with E-state index in [0.717, 1.165) is 5.56 Å². The van der Waals surface area contributed by atoms with Crippen molar-refractivity contribution in [2.45, 2.75) is 240 Å². The number of ether oxygens (including phenoxy) is 3. The second-order valence-corrected chi connectivity index (χ2v) is 25.1. The largest absolute Gasteiger partial charge is 0.476 e. The predicted molar refractivity (Wildman–Crippen MR) is 290 cm³/mol. The lowest BCUT2D eigenvalue weighted by atomic mass is 9.74. The van der Waals surface area contributed by atoms with E-state index in [0.29, 0.717) is 31.4 Å². The number of hydrogen-bond acceptors (Lipinski definition) is 15. The molecular weight excluding hydrogens is 991 g/mol. The van der Waals surface area contributed by atoms with Crippen LogP contribution in [-0.2, 0) is 73.1 Å². The van der Waals surface area contributed by atoms with Gasteiger partial charge in [-0.2, -0.15) is 0 Å². The van der Waals surface area contributed by atoms with Crippen LogP contribution in [0.15, 0.2) is 36.9 Å². The fraction of sp³-hybridized carbons (Fsp3) is 0.696. The first-order valence-corrected chi connectivity index (χ1v) is 26.7. The van der Waals surface area contributed by atoms with Crippen molar-refractivity contribution < 1.29 is 66.7 Å². The molecule has 2 aliphatic heterocycles. The zero-order chi connectivity index (χ0) is 58.6. The molecule has 6 atom stereocenters. The van der Waals surface area contributed by atoms with Crippen LogP contribution in [0.5, 0.6) is 0 Å². The molecule has 430 valence electrons. The molecule has 77 heavy (non-hydrogen) atoms. The maximum Gasteiger partial charge on any atom is 0.476 e. The van der Waals surface area contributed by atoms with Crippen LogP contribution in [0.1, 0.15) is 173 Å². The Morgan fingerprint density at radius 2 is 1.19 bits per heavy atom. The average Bonchev–Trinajstić information content (AvgIpc) is 3.83. The number of amides is 6. The fourth-order valence-corrected chi connectivity index (χ4v) is 8.65. The van der Waals surface area contributed by atoms with Crippen molar-refractivity contribution in [1.82, 2.24) is 31.5 Å². The lowest BCUT2D eigenvalue weighted by Gasteiger charge is -2.34. The van der Waals surface area contributed by atoms with Crippen LogP contribution in [0.2, 0.25) is 0 Å². The number of carbonyl (C=O) groups excluding carboxylic acids is 9. The molecule has 2 fully saturated rings. The van der Waals surface area contributed by atoms with Crippen LogP contribution < -0.4 is 26.6 Å². The van der Waals surface area contributed by atoms with Gasteiger partial charge in [0, 0.05) is 25.2 Å². The molecule has 21 heteroatoms. The summed E-state index contributed by atoms with van der Waals surface area (Å²) >= 11 is 0. The second-order valence-electron chi connectivity index (χ2n) is 25.1. The van der Waals surface area contributed by atoms with Crippen LogP contribution in [0.3, 0.4) is 0 Å². The van der Waals surface area contributed by atoms with Crippen molar-refractivity contribution in [3.8, 4) is 0 Å². The molecule has 2 aliphatic rings. The van der Waals surface area contributed by atoms with Crippen LogP contribution in [0, 0.1) is 12.3 Å². The van der Waals surface area contributed by atoms with E-state index in [1.807, 2.05) is 45.6 Å². The minimum atomic E-state index is -1.64. The van der Waals surface area contributed by atoms with Crippen molar-refractivity contribution in [2.75, 3.05) is 6.54 Å². The Hall–Kier alpha value is -5.67. The Morgan fingerprint density at radius 3 is 1.73 bits per heavy atom. The Balaban J connectivity index is 1.99. The molecule has 1 unspecified atom stereocenters. The van der Waals surface area contributed by atoms with Crippen molar-refractivity contribution in [3.63, 3.8) is 0 Å². The lowest BCUT2D eigenvalue weighted by Crippen LogP contribution is -2.62. The molecule has 6 amide bonds. The fourth-order valence-electron chi connectivity index (χ4n) is 8.65. The smallest absolute Gasteiger partial charge is 0.460 e. The minimum absolute atomic E-state index is 0.107. The molecule has 0 aliphatic carbocycles. The summed E-state index contributed by atoms with van der Waals surface area (Å²) in [5, 5.41) is 13.2. The van der Waals surface area contributed by atoms with Gasteiger partial charge in [0.05, 0.1) is 30.1 Å².